The van der Waals surface area contributed by atoms with Crippen molar-refractivity contribution in [3.05, 3.63) is 23.8 Å². The molecule has 0 amide bonds. The van der Waals surface area contributed by atoms with Crippen molar-refractivity contribution in [1.29, 1.82) is 0 Å². The third-order valence-electron chi connectivity index (χ3n) is 2.79. The third kappa shape index (κ3) is 2.88. The van der Waals surface area contributed by atoms with Crippen molar-refractivity contribution in [1.82, 2.24) is 9.55 Å². The molecule has 3 nitrogen and oxygen atoms in total. The summed E-state index contributed by atoms with van der Waals surface area (Å²) in [6, 6.07) is 2.12. The fourth-order valence-corrected chi connectivity index (χ4v) is 1.77. The van der Waals surface area contributed by atoms with E-state index in [9.17, 15) is 30.7 Å². The van der Waals surface area contributed by atoms with Gasteiger partial charge in [0.15, 0.2) is 0 Å². The van der Waals surface area contributed by atoms with E-state index in [4.69, 9.17) is 5.73 Å². The van der Waals surface area contributed by atoms with Crippen LogP contribution in [0.5, 0.6) is 0 Å². The fraction of sp³-hybridized carbons (Fsp3) is 0.364. The summed E-state index contributed by atoms with van der Waals surface area (Å²) in [5.74, 6) is -4.94. The zero-order valence-corrected chi connectivity index (χ0v) is 10.1. The Labute approximate surface area is 113 Å². The minimum Gasteiger partial charge on any atom is -0.369 e. The lowest BCUT2D eigenvalue weighted by Crippen LogP contribution is -2.32. The van der Waals surface area contributed by atoms with Gasteiger partial charge in [-0.25, -0.2) is 13.8 Å². The second-order valence-electron chi connectivity index (χ2n) is 4.32. The monoisotopic (exact) mass is 315 g/mol. The first kappa shape index (κ1) is 15.4. The van der Waals surface area contributed by atoms with E-state index < -0.39 is 36.6 Å². The summed E-state index contributed by atoms with van der Waals surface area (Å²) in [7, 11) is 0. The molecule has 1 aromatic heterocycles. The van der Waals surface area contributed by atoms with E-state index in [0.29, 0.717) is 16.7 Å². The molecule has 1 aromatic carbocycles. The molecule has 2 rings (SSSR count). The highest BCUT2D eigenvalue weighted by atomic mass is 19.4. The van der Waals surface area contributed by atoms with Crippen LogP contribution in [0.1, 0.15) is 5.56 Å². The Balaban J connectivity index is 2.49. The smallest absolute Gasteiger partial charge is 0.369 e. The number of hydrogen-bond acceptors (Lipinski definition) is 2. The lowest BCUT2D eigenvalue weighted by Gasteiger charge is -2.17. The largest absolute Gasteiger partial charge is 0.416 e. The van der Waals surface area contributed by atoms with Gasteiger partial charge in [-0.3, -0.25) is 0 Å². The van der Waals surface area contributed by atoms with Gasteiger partial charge in [-0.1, -0.05) is 0 Å². The van der Waals surface area contributed by atoms with Gasteiger partial charge in [0.25, 0.3) is 0 Å². The van der Waals surface area contributed by atoms with Gasteiger partial charge in [0, 0.05) is 0 Å². The number of benzene rings is 1. The highest BCUT2D eigenvalue weighted by Gasteiger charge is 2.42. The normalized spacial score (nSPS) is 13.3. The van der Waals surface area contributed by atoms with E-state index in [-0.39, 0.29) is 11.0 Å². The fourth-order valence-electron chi connectivity index (χ4n) is 1.77. The van der Waals surface area contributed by atoms with Crippen LogP contribution in [0.4, 0.5) is 36.7 Å². The zero-order chi connectivity index (χ0) is 16.0. The summed E-state index contributed by atoms with van der Waals surface area (Å²) < 4.78 is 88.6. The number of imidazole rings is 1. The van der Waals surface area contributed by atoms with E-state index in [1.54, 1.807) is 0 Å². The molecule has 0 spiro atoms. The van der Waals surface area contributed by atoms with Gasteiger partial charge < -0.3 is 10.3 Å². The average molecular weight is 315 g/mol. The highest BCUT2D eigenvalue weighted by Crippen LogP contribution is 2.33. The highest BCUT2D eigenvalue weighted by molar-refractivity contribution is 5.79. The average Bonchev–Trinajstić information content (AvgIpc) is 2.63. The summed E-state index contributed by atoms with van der Waals surface area (Å²) in [5, 5.41) is 0. The first-order chi connectivity index (χ1) is 9.52. The van der Waals surface area contributed by atoms with Crippen molar-refractivity contribution in [2.24, 2.45) is 0 Å². The molecule has 0 radical (unpaired) electrons. The van der Waals surface area contributed by atoms with Crippen LogP contribution < -0.4 is 5.73 Å². The number of rotatable bonds is 3. The van der Waals surface area contributed by atoms with Crippen LogP contribution in [0.2, 0.25) is 0 Å². The van der Waals surface area contributed by atoms with Crippen LogP contribution in [-0.2, 0) is 12.7 Å². The molecule has 0 saturated carbocycles. The standard InChI is InChI=1S/C11H8F7N3/c12-8(13)10(14,15)4-21-7-2-1-5(11(16,17)18)3-6(7)20-9(21)19/h1-3,8H,4H2,(H2,19,20). The Hall–Kier alpha value is -2.00. The van der Waals surface area contributed by atoms with Gasteiger partial charge in [0.05, 0.1) is 23.1 Å². The Morgan fingerprint density at radius 1 is 1.14 bits per heavy atom. The first-order valence-electron chi connectivity index (χ1n) is 5.51. The zero-order valence-electron chi connectivity index (χ0n) is 10.1. The molecule has 0 aliphatic carbocycles. The van der Waals surface area contributed by atoms with E-state index in [1.807, 2.05) is 0 Å². The molecule has 0 unspecified atom stereocenters. The van der Waals surface area contributed by atoms with Gasteiger partial charge in [-0.2, -0.15) is 22.0 Å². The van der Waals surface area contributed by atoms with Crippen LogP contribution in [-0.4, -0.2) is 21.9 Å². The van der Waals surface area contributed by atoms with Crippen molar-refractivity contribution in [2.75, 3.05) is 5.73 Å². The Morgan fingerprint density at radius 3 is 2.29 bits per heavy atom. The molecule has 21 heavy (non-hydrogen) atoms. The van der Waals surface area contributed by atoms with Crippen LogP contribution in [0.3, 0.4) is 0 Å². The number of halogens is 7. The van der Waals surface area contributed by atoms with Crippen LogP contribution >= 0.6 is 0 Å². The minimum absolute atomic E-state index is 0.180. The molecule has 2 N–H and O–H groups in total. The van der Waals surface area contributed by atoms with E-state index in [2.05, 4.69) is 4.98 Å². The van der Waals surface area contributed by atoms with Crippen molar-refractivity contribution in [2.45, 2.75) is 25.1 Å². The van der Waals surface area contributed by atoms with Gasteiger partial charge in [0.2, 0.25) is 5.95 Å². The summed E-state index contributed by atoms with van der Waals surface area (Å²) >= 11 is 0. The molecule has 116 valence electrons. The molecule has 0 saturated heterocycles. The summed E-state index contributed by atoms with van der Waals surface area (Å²) in [4.78, 5) is 3.49. The van der Waals surface area contributed by atoms with Crippen LogP contribution in [0, 0.1) is 0 Å². The second kappa shape index (κ2) is 4.78. The number of nitrogens with zero attached hydrogens (tertiary/aromatic N) is 2. The molecular formula is C11H8F7N3. The van der Waals surface area contributed by atoms with E-state index >= 15 is 0 Å². The predicted octanol–water partition coefficient (Wildman–Crippen LogP) is 3.54. The SMILES string of the molecule is Nc1nc2cc(C(F)(F)F)ccc2n1CC(F)(F)C(F)F. The van der Waals surface area contributed by atoms with Crippen molar-refractivity contribution in [3.8, 4) is 0 Å². The minimum atomic E-state index is -4.64. The van der Waals surface area contributed by atoms with Crippen molar-refractivity contribution >= 4 is 17.0 Å². The number of alkyl halides is 7. The van der Waals surface area contributed by atoms with Crippen LogP contribution in [0.15, 0.2) is 18.2 Å². The summed E-state index contributed by atoms with van der Waals surface area (Å²) in [5.41, 5.74) is 3.79. The Bertz CT molecular complexity index is 660. The van der Waals surface area contributed by atoms with Crippen LogP contribution in [0.25, 0.3) is 11.0 Å². The first-order valence-corrected chi connectivity index (χ1v) is 5.51. The predicted molar refractivity (Wildman–Crippen MR) is 60.1 cm³/mol. The number of nitrogen functional groups attached to an aromatic ring is 1. The lowest BCUT2D eigenvalue weighted by atomic mass is 10.2. The molecule has 0 fully saturated rings. The van der Waals surface area contributed by atoms with E-state index in [0.717, 1.165) is 6.07 Å². The maximum Gasteiger partial charge on any atom is 0.416 e. The number of aromatic nitrogens is 2. The maximum absolute atomic E-state index is 13.1. The van der Waals surface area contributed by atoms with Gasteiger partial charge >= 0.3 is 18.5 Å². The Kier molecular flexibility index (Phi) is 3.50. The summed E-state index contributed by atoms with van der Waals surface area (Å²) in [6.07, 6.45) is -8.57. The number of nitrogens with two attached hydrogens (primary N) is 1. The quantitative estimate of drug-likeness (QED) is 0.881. The maximum atomic E-state index is 13.1. The molecule has 0 aliphatic rings. The molecule has 1 heterocycles. The number of fused-ring (bicyclic) bond motifs is 1. The summed E-state index contributed by atoms with van der Waals surface area (Å²) in [6.45, 7) is -1.47. The molecular weight excluding hydrogens is 307 g/mol. The number of hydrogen-bond donors (Lipinski definition) is 1. The van der Waals surface area contributed by atoms with E-state index in [1.165, 1.54) is 0 Å². The molecule has 10 heteroatoms. The lowest BCUT2D eigenvalue weighted by molar-refractivity contribution is -0.137. The topological polar surface area (TPSA) is 43.8 Å². The van der Waals surface area contributed by atoms with Gasteiger partial charge in [-0.05, 0) is 18.2 Å². The van der Waals surface area contributed by atoms with Gasteiger partial charge in [0.1, 0.15) is 0 Å². The van der Waals surface area contributed by atoms with Crippen molar-refractivity contribution in [3.63, 3.8) is 0 Å². The third-order valence-corrected chi connectivity index (χ3v) is 2.79. The molecule has 0 atom stereocenters. The number of anilines is 1. The molecule has 0 aliphatic heterocycles. The Morgan fingerprint density at radius 2 is 1.76 bits per heavy atom. The van der Waals surface area contributed by atoms with Crippen molar-refractivity contribution < 1.29 is 30.7 Å². The molecule has 2 aromatic rings. The molecule has 0 bridgehead atoms. The van der Waals surface area contributed by atoms with Gasteiger partial charge in [-0.15, -0.1) is 0 Å². The second-order valence-corrected chi connectivity index (χ2v) is 4.32.